The van der Waals surface area contributed by atoms with Gasteiger partial charge in [0.25, 0.3) is 0 Å². The van der Waals surface area contributed by atoms with Crippen molar-refractivity contribution in [2.24, 2.45) is 0 Å². The Morgan fingerprint density at radius 3 is 2.74 bits per heavy atom. The summed E-state index contributed by atoms with van der Waals surface area (Å²) in [5.41, 5.74) is 0.944. The molecule has 2 N–H and O–H groups in total. The Balaban J connectivity index is 1.74. The average molecular weight is 312 g/mol. The fraction of sp³-hybridized carbons (Fsp3) is 0.0667. The number of anilines is 1. The first-order chi connectivity index (χ1) is 11.1. The minimum atomic E-state index is -1.14. The lowest BCUT2D eigenvalue weighted by Crippen LogP contribution is -2.16. The lowest BCUT2D eigenvalue weighted by molar-refractivity contribution is 0.0698. The smallest absolute Gasteiger partial charge is 0.413 e. The van der Waals surface area contributed by atoms with E-state index < -0.39 is 12.1 Å². The summed E-state index contributed by atoms with van der Waals surface area (Å²) in [7, 11) is 0. The van der Waals surface area contributed by atoms with Crippen molar-refractivity contribution in [1.29, 1.82) is 0 Å². The third-order valence-corrected chi connectivity index (χ3v) is 3.07. The van der Waals surface area contributed by atoms with Crippen molar-refractivity contribution in [2.75, 3.05) is 5.32 Å². The molecule has 0 spiro atoms. The average Bonchev–Trinajstić information content (AvgIpc) is 2.99. The number of rotatable bonds is 4. The molecule has 116 valence electrons. The third-order valence-electron chi connectivity index (χ3n) is 3.07. The van der Waals surface area contributed by atoms with E-state index in [0.29, 0.717) is 0 Å². The van der Waals surface area contributed by atoms with Crippen molar-refractivity contribution in [1.82, 2.24) is 14.6 Å². The normalized spacial score (nSPS) is 10.4. The summed E-state index contributed by atoms with van der Waals surface area (Å²) in [5.74, 6) is -0.878. The standard InChI is InChI=1S/C15H12N4O4/c20-14(21)11-8-17-19-12(6-7-16-13(11)19)18-15(22)23-9-10-4-2-1-3-5-10/h1-8H,9H2,(H,18,22)(H,20,21). The Kier molecular flexibility index (Phi) is 3.88. The van der Waals surface area contributed by atoms with Crippen LogP contribution in [-0.2, 0) is 11.3 Å². The number of aromatic nitrogens is 3. The third kappa shape index (κ3) is 3.10. The van der Waals surface area contributed by atoms with E-state index in [0.717, 1.165) is 5.56 Å². The molecule has 1 amide bonds. The predicted octanol–water partition coefficient (Wildman–Crippen LogP) is 2.18. The van der Waals surface area contributed by atoms with Gasteiger partial charge in [-0.2, -0.15) is 9.61 Å². The molecule has 0 atom stereocenters. The number of benzene rings is 1. The molecule has 3 aromatic rings. The van der Waals surface area contributed by atoms with Gasteiger partial charge in [-0.25, -0.2) is 14.6 Å². The molecule has 0 saturated carbocycles. The Hall–Kier alpha value is -3.42. The fourth-order valence-electron chi connectivity index (χ4n) is 2.00. The van der Waals surface area contributed by atoms with Gasteiger partial charge in [-0.15, -0.1) is 0 Å². The van der Waals surface area contributed by atoms with Crippen LogP contribution in [0.2, 0.25) is 0 Å². The van der Waals surface area contributed by atoms with Crippen LogP contribution < -0.4 is 5.32 Å². The summed E-state index contributed by atoms with van der Waals surface area (Å²) in [4.78, 5) is 26.9. The maximum atomic E-state index is 11.9. The van der Waals surface area contributed by atoms with Gasteiger partial charge in [-0.05, 0) is 11.6 Å². The molecule has 0 radical (unpaired) electrons. The quantitative estimate of drug-likeness (QED) is 0.765. The number of carboxylic acids is 1. The lowest BCUT2D eigenvalue weighted by Gasteiger charge is -2.08. The lowest BCUT2D eigenvalue weighted by atomic mass is 10.2. The second kappa shape index (κ2) is 6.14. The minimum absolute atomic E-state index is 0.0497. The number of nitrogens with zero attached hydrogens (tertiary/aromatic N) is 3. The van der Waals surface area contributed by atoms with Gasteiger partial charge in [0.15, 0.2) is 5.65 Å². The van der Waals surface area contributed by atoms with E-state index in [1.54, 1.807) is 0 Å². The van der Waals surface area contributed by atoms with Crippen LogP contribution in [0.3, 0.4) is 0 Å². The minimum Gasteiger partial charge on any atom is -0.477 e. The summed E-state index contributed by atoms with van der Waals surface area (Å²) in [5, 5.41) is 15.5. The molecule has 1 aromatic carbocycles. The maximum Gasteiger partial charge on any atom is 0.413 e. The van der Waals surface area contributed by atoms with E-state index in [-0.39, 0.29) is 23.6 Å². The molecule has 0 aliphatic carbocycles. The van der Waals surface area contributed by atoms with Crippen LogP contribution in [-0.4, -0.2) is 31.8 Å². The van der Waals surface area contributed by atoms with Gasteiger partial charge in [-0.1, -0.05) is 30.3 Å². The van der Waals surface area contributed by atoms with Gasteiger partial charge >= 0.3 is 12.1 Å². The van der Waals surface area contributed by atoms with E-state index >= 15 is 0 Å². The molecule has 0 aliphatic rings. The van der Waals surface area contributed by atoms with E-state index in [4.69, 9.17) is 9.84 Å². The number of hydrogen-bond donors (Lipinski definition) is 2. The Morgan fingerprint density at radius 1 is 1.22 bits per heavy atom. The second-order valence-electron chi connectivity index (χ2n) is 4.62. The number of nitrogens with one attached hydrogen (secondary N) is 1. The molecular formula is C15H12N4O4. The molecule has 2 heterocycles. The molecule has 23 heavy (non-hydrogen) atoms. The van der Waals surface area contributed by atoms with Crippen LogP contribution in [0.15, 0.2) is 48.8 Å². The highest BCUT2D eigenvalue weighted by Crippen LogP contribution is 2.14. The Bertz CT molecular complexity index is 860. The van der Waals surface area contributed by atoms with Gasteiger partial charge in [-0.3, -0.25) is 5.32 Å². The SMILES string of the molecule is O=C(Nc1ccnc2c(C(=O)O)cnn12)OCc1ccccc1. The molecule has 0 bridgehead atoms. The van der Waals surface area contributed by atoms with Crippen LogP contribution in [0.5, 0.6) is 0 Å². The maximum absolute atomic E-state index is 11.9. The molecule has 0 aliphatic heterocycles. The van der Waals surface area contributed by atoms with Crippen molar-refractivity contribution < 1.29 is 19.4 Å². The van der Waals surface area contributed by atoms with Crippen LogP contribution in [0.1, 0.15) is 15.9 Å². The molecule has 2 aromatic heterocycles. The zero-order valence-electron chi connectivity index (χ0n) is 11.8. The molecule has 0 fully saturated rings. The van der Waals surface area contributed by atoms with Gasteiger partial charge in [0.2, 0.25) is 0 Å². The zero-order chi connectivity index (χ0) is 16.2. The number of carbonyl (C=O) groups excluding carboxylic acids is 1. The topological polar surface area (TPSA) is 106 Å². The van der Waals surface area contributed by atoms with Crippen LogP contribution >= 0.6 is 0 Å². The summed E-state index contributed by atoms with van der Waals surface area (Å²) in [6.45, 7) is 0.125. The van der Waals surface area contributed by atoms with E-state index in [1.165, 1.54) is 23.0 Å². The van der Waals surface area contributed by atoms with Crippen molar-refractivity contribution in [3.05, 3.63) is 59.9 Å². The highest BCUT2D eigenvalue weighted by Gasteiger charge is 2.15. The van der Waals surface area contributed by atoms with Crippen molar-refractivity contribution >= 4 is 23.5 Å². The first-order valence-electron chi connectivity index (χ1n) is 6.69. The van der Waals surface area contributed by atoms with Crippen LogP contribution in [0, 0.1) is 0 Å². The number of carbonyl (C=O) groups is 2. The van der Waals surface area contributed by atoms with Crippen LogP contribution in [0.25, 0.3) is 5.65 Å². The Labute approximate surface area is 130 Å². The van der Waals surface area contributed by atoms with Crippen LogP contribution in [0.4, 0.5) is 10.6 Å². The molecule has 8 nitrogen and oxygen atoms in total. The predicted molar refractivity (Wildman–Crippen MR) is 80.2 cm³/mol. The number of ether oxygens (including phenoxy) is 1. The first-order valence-corrected chi connectivity index (χ1v) is 6.69. The number of amides is 1. The molecule has 8 heteroatoms. The monoisotopic (exact) mass is 312 g/mol. The largest absolute Gasteiger partial charge is 0.477 e. The summed E-state index contributed by atoms with van der Waals surface area (Å²) in [6, 6.07) is 10.7. The highest BCUT2D eigenvalue weighted by atomic mass is 16.5. The highest BCUT2D eigenvalue weighted by molar-refractivity contribution is 5.94. The molecule has 0 unspecified atom stereocenters. The van der Waals surface area contributed by atoms with Crippen molar-refractivity contribution in [3.63, 3.8) is 0 Å². The summed E-state index contributed by atoms with van der Waals surface area (Å²) in [6.07, 6.45) is 1.88. The number of hydrogen-bond acceptors (Lipinski definition) is 5. The van der Waals surface area contributed by atoms with Gasteiger partial charge in [0, 0.05) is 6.20 Å². The fourth-order valence-corrected chi connectivity index (χ4v) is 2.00. The van der Waals surface area contributed by atoms with E-state index in [1.807, 2.05) is 30.3 Å². The summed E-state index contributed by atoms with van der Waals surface area (Å²) < 4.78 is 6.34. The number of carboxylic acid groups (broad SMARTS) is 1. The number of fused-ring (bicyclic) bond motifs is 1. The molecule has 0 saturated heterocycles. The van der Waals surface area contributed by atoms with Gasteiger partial charge in [0.05, 0.1) is 6.20 Å². The van der Waals surface area contributed by atoms with Gasteiger partial charge < -0.3 is 9.84 Å². The first kappa shape index (κ1) is 14.5. The summed E-state index contributed by atoms with van der Waals surface area (Å²) >= 11 is 0. The molecule has 3 rings (SSSR count). The van der Waals surface area contributed by atoms with E-state index in [9.17, 15) is 9.59 Å². The number of aromatic carboxylic acids is 1. The second-order valence-corrected chi connectivity index (χ2v) is 4.62. The Morgan fingerprint density at radius 2 is 2.00 bits per heavy atom. The van der Waals surface area contributed by atoms with Crippen molar-refractivity contribution in [2.45, 2.75) is 6.61 Å². The van der Waals surface area contributed by atoms with Gasteiger partial charge in [0.1, 0.15) is 18.0 Å². The van der Waals surface area contributed by atoms with Crippen molar-refractivity contribution in [3.8, 4) is 0 Å². The van der Waals surface area contributed by atoms with E-state index in [2.05, 4.69) is 15.4 Å². The zero-order valence-corrected chi connectivity index (χ0v) is 11.8. The molecular weight excluding hydrogens is 300 g/mol.